The van der Waals surface area contributed by atoms with Crippen molar-refractivity contribution in [3.05, 3.63) is 23.8 Å². The molecule has 0 rings (SSSR count). The van der Waals surface area contributed by atoms with Gasteiger partial charge in [-0.3, -0.25) is 5.41 Å². The van der Waals surface area contributed by atoms with Gasteiger partial charge in [0.15, 0.2) is 0 Å². The Balaban J connectivity index is 3.87. The fourth-order valence-corrected chi connectivity index (χ4v) is 0.707. The van der Waals surface area contributed by atoms with Gasteiger partial charge in [0.1, 0.15) is 6.61 Å². The van der Waals surface area contributed by atoms with Crippen LogP contribution in [0.15, 0.2) is 23.8 Å². The molecule has 0 aliphatic rings. The average molecular weight is 257 g/mol. The quantitative estimate of drug-likeness (QED) is 0.353. The molecule has 0 bridgehead atoms. The minimum Gasteiger partial charge on any atom is -0.474 e. The molecule has 14 heavy (non-hydrogen) atoms. The second-order valence-electron chi connectivity index (χ2n) is 2.57. The van der Waals surface area contributed by atoms with Crippen molar-refractivity contribution in [2.45, 2.75) is 17.6 Å². The predicted molar refractivity (Wildman–Crippen MR) is 62.5 cm³/mol. The third-order valence-corrected chi connectivity index (χ3v) is 1.93. The summed E-state index contributed by atoms with van der Waals surface area (Å²) < 4.78 is 3.10. The molecule has 0 radical (unpaired) electrons. The van der Waals surface area contributed by atoms with Crippen LogP contribution in [-0.4, -0.2) is 16.3 Å². The number of hydrogen-bond donors (Lipinski definition) is 1. The van der Waals surface area contributed by atoms with E-state index in [-0.39, 0.29) is 12.5 Å². The first kappa shape index (κ1) is 13.8. The van der Waals surface area contributed by atoms with Gasteiger partial charge < -0.3 is 4.74 Å². The third kappa shape index (κ3) is 6.30. The summed E-state index contributed by atoms with van der Waals surface area (Å²) in [5.41, 5.74) is 1.11. The number of nitrogens with one attached hydrogen (secondary N) is 1. The van der Waals surface area contributed by atoms with Gasteiger partial charge in [-0.1, -0.05) is 52.5 Å². The van der Waals surface area contributed by atoms with Gasteiger partial charge in [0.25, 0.3) is 3.79 Å². The van der Waals surface area contributed by atoms with Gasteiger partial charge in [0, 0.05) is 0 Å². The van der Waals surface area contributed by atoms with Crippen molar-refractivity contribution >= 4 is 40.7 Å². The molecular formula is C9H12Cl3NO. The molecule has 0 amide bonds. The number of hydrogen-bond acceptors (Lipinski definition) is 2. The highest BCUT2D eigenvalue weighted by Crippen LogP contribution is 2.27. The van der Waals surface area contributed by atoms with Gasteiger partial charge in [-0.15, -0.1) is 0 Å². The Morgan fingerprint density at radius 2 is 2.00 bits per heavy atom. The van der Waals surface area contributed by atoms with Crippen LogP contribution in [0.5, 0.6) is 0 Å². The van der Waals surface area contributed by atoms with Crippen LogP contribution in [-0.2, 0) is 4.74 Å². The maximum Gasteiger partial charge on any atom is 0.265 e. The lowest BCUT2D eigenvalue weighted by Gasteiger charge is -2.11. The van der Waals surface area contributed by atoms with Crippen LogP contribution < -0.4 is 0 Å². The summed E-state index contributed by atoms with van der Waals surface area (Å²) in [4.78, 5) is 0. The number of ether oxygens (including phenoxy) is 1. The zero-order valence-electron chi connectivity index (χ0n) is 7.98. The van der Waals surface area contributed by atoms with E-state index in [2.05, 4.69) is 0 Å². The lowest BCUT2D eigenvalue weighted by molar-refractivity contribution is 0.340. The number of alkyl halides is 3. The van der Waals surface area contributed by atoms with Crippen LogP contribution in [0.25, 0.3) is 0 Å². The standard InChI is InChI=1S/C9H12Cl3NO/c1-3-7(2)5-4-6-14-8(13)9(10,11)12/h3-5,13H,6H2,1-2H3. The highest BCUT2D eigenvalue weighted by molar-refractivity contribution is 6.76. The molecule has 0 aromatic carbocycles. The van der Waals surface area contributed by atoms with Crippen molar-refractivity contribution < 1.29 is 4.74 Å². The molecule has 0 saturated heterocycles. The van der Waals surface area contributed by atoms with Crippen LogP contribution in [0.4, 0.5) is 0 Å². The zero-order valence-corrected chi connectivity index (χ0v) is 10.2. The first-order valence-corrected chi connectivity index (χ1v) is 5.09. The molecule has 1 N–H and O–H groups in total. The van der Waals surface area contributed by atoms with E-state index in [4.69, 9.17) is 44.9 Å². The van der Waals surface area contributed by atoms with E-state index in [1.165, 1.54) is 0 Å². The van der Waals surface area contributed by atoms with E-state index < -0.39 is 3.79 Å². The molecule has 0 aliphatic heterocycles. The maximum absolute atomic E-state index is 7.20. The maximum atomic E-state index is 7.20. The van der Waals surface area contributed by atoms with Crippen molar-refractivity contribution in [2.24, 2.45) is 0 Å². The molecule has 0 heterocycles. The predicted octanol–water partition coefficient (Wildman–Crippen LogP) is 3.87. The molecule has 0 saturated carbocycles. The van der Waals surface area contributed by atoms with E-state index in [0.717, 1.165) is 5.57 Å². The summed E-state index contributed by atoms with van der Waals surface area (Å²) >= 11 is 16.2. The van der Waals surface area contributed by atoms with Gasteiger partial charge in [0.2, 0.25) is 5.90 Å². The minimum atomic E-state index is -1.77. The van der Waals surface area contributed by atoms with Crippen LogP contribution >= 0.6 is 34.8 Å². The Morgan fingerprint density at radius 3 is 2.43 bits per heavy atom. The van der Waals surface area contributed by atoms with E-state index in [1.807, 2.05) is 26.0 Å². The van der Waals surface area contributed by atoms with Crippen molar-refractivity contribution in [3.8, 4) is 0 Å². The van der Waals surface area contributed by atoms with Crippen molar-refractivity contribution in [2.75, 3.05) is 6.61 Å². The Morgan fingerprint density at radius 1 is 1.43 bits per heavy atom. The molecule has 0 unspecified atom stereocenters. The summed E-state index contributed by atoms with van der Waals surface area (Å²) in [6.45, 7) is 4.11. The summed E-state index contributed by atoms with van der Waals surface area (Å²) in [5.74, 6) is -0.370. The van der Waals surface area contributed by atoms with E-state index in [1.54, 1.807) is 6.08 Å². The first-order valence-electron chi connectivity index (χ1n) is 3.96. The normalized spacial score (nSPS) is 13.4. The Labute approximate surface area is 99.0 Å². The Kier molecular flexibility index (Phi) is 6.25. The minimum absolute atomic E-state index is 0.220. The molecule has 0 aromatic rings. The molecule has 2 nitrogen and oxygen atoms in total. The number of halogens is 3. The summed E-state index contributed by atoms with van der Waals surface area (Å²) in [5, 5.41) is 7.20. The molecule has 80 valence electrons. The highest BCUT2D eigenvalue weighted by atomic mass is 35.6. The molecule has 5 heteroatoms. The molecule has 0 aromatic heterocycles. The molecular weight excluding hydrogens is 244 g/mol. The Hall–Kier alpha value is -0.180. The van der Waals surface area contributed by atoms with Crippen molar-refractivity contribution in [1.29, 1.82) is 5.41 Å². The highest BCUT2D eigenvalue weighted by Gasteiger charge is 2.28. The smallest absolute Gasteiger partial charge is 0.265 e. The topological polar surface area (TPSA) is 33.1 Å². The van der Waals surface area contributed by atoms with Crippen LogP contribution in [0.1, 0.15) is 13.8 Å². The number of rotatable bonds is 3. The SMILES string of the molecule is CC=C(C)C=CCOC(=N)C(Cl)(Cl)Cl. The van der Waals surface area contributed by atoms with Crippen LogP contribution in [0.2, 0.25) is 0 Å². The fourth-order valence-electron chi connectivity index (χ4n) is 0.544. The largest absolute Gasteiger partial charge is 0.474 e. The van der Waals surface area contributed by atoms with Gasteiger partial charge in [-0.25, -0.2) is 0 Å². The van der Waals surface area contributed by atoms with Gasteiger partial charge >= 0.3 is 0 Å². The summed E-state index contributed by atoms with van der Waals surface area (Å²) in [7, 11) is 0. The lowest BCUT2D eigenvalue weighted by Crippen LogP contribution is -2.21. The first-order chi connectivity index (χ1) is 6.38. The Bertz CT molecular complexity index is 253. The van der Waals surface area contributed by atoms with E-state index in [0.29, 0.717) is 0 Å². The van der Waals surface area contributed by atoms with Gasteiger partial charge in [-0.05, 0) is 19.9 Å². The monoisotopic (exact) mass is 255 g/mol. The molecule has 0 spiro atoms. The fraction of sp³-hybridized carbons (Fsp3) is 0.444. The van der Waals surface area contributed by atoms with Crippen molar-refractivity contribution in [1.82, 2.24) is 0 Å². The second kappa shape index (κ2) is 6.33. The van der Waals surface area contributed by atoms with Crippen LogP contribution in [0, 0.1) is 5.41 Å². The third-order valence-electron chi connectivity index (χ3n) is 1.42. The molecule has 0 aliphatic carbocycles. The van der Waals surface area contributed by atoms with Gasteiger partial charge in [0.05, 0.1) is 0 Å². The van der Waals surface area contributed by atoms with E-state index in [9.17, 15) is 0 Å². The molecule has 0 atom stereocenters. The number of allylic oxidation sites excluding steroid dienone is 3. The second-order valence-corrected chi connectivity index (χ2v) is 4.85. The lowest BCUT2D eigenvalue weighted by atomic mass is 10.3. The van der Waals surface area contributed by atoms with Crippen molar-refractivity contribution in [3.63, 3.8) is 0 Å². The zero-order chi connectivity index (χ0) is 11.2. The molecule has 0 fully saturated rings. The summed E-state index contributed by atoms with van der Waals surface area (Å²) in [6, 6.07) is 0. The van der Waals surface area contributed by atoms with E-state index >= 15 is 0 Å². The van der Waals surface area contributed by atoms with Crippen LogP contribution in [0.3, 0.4) is 0 Å². The van der Waals surface area contributed by atoms with Gasteiger partial charge in [-0.2, -0.15) is 0 Å². The summed E-state index contributed by atoms with van der Waals surface area (Å²) in [6.07, 6.45) is 5.57. The average Bonchev–Trinajstić information content (AvgIpc) is 2.09.